The van der Waals surface area contributed by atoms with Crippen LogP contribution < -0.4 is 0 Å². The molecule has 0 radical (unpaired) electrons. The molecule has 0 N–H and O–H groups in total. The number of Topliss-reactive ketones (excluding diaryl/α,β-unsaturated/α-hetero) is 1. The van der Waals surface area contributed by atoms with Crippen molar-refractivity contribution in [2.45, 2.75) is 13.8 Å². The summed E-state index contributed by atoms with van der Waals surface area (Å²) in [6, 6.07) is 4.15. The molecule has 0 aromatic heterocycles. The van der Waals surface area contributed by atoms with Crippen LogP contribution in [0, 0.1) is 17.7 Å². The first kappa shape index (κ1) is 13.5. The minimum atomic E-state index is -0.541. The summed E-state index contributed by atoms with van der Waals surface area (Å²) in [7, 11) is 0. The molecule has 1 aromatic carbocycles. The molecule has 2 nitrogen and oxygen atoms in total. The second kappa shape index (κ2) is 6.21. The van der Waals surface area contributed by atoms with Crippen LogP contribution in [0.25, 0.3) is 0 Å². The maximum atomic E-state index is 13.2. The maximum Gasteiger partial charge on any atom is 0.186 e. The number of hydrogen-bond donors (Lipinski definition) is 0. The largest absolute Gasteiger partial charge is 0.294 e. The van der Waals surface area contributed by atoms with Gasteiger partial charge in [0.15, 0.2) is 10.9 Å². The monoisotopic (exact) mass is 250 g/mol. The Kier molecular flexibility index (Phi) is 4.92. The van der Waals surface area contributed by atoms with Crippen molar-refractivity contribution in [2.24, 2.45) is 0 Å². The number of carbonyl (C=O) groups excluding carboxylic acids is 2. The zero-order chi connectivity index (χ0) is 12.8. The van der Waals surface area contributed by atoms with Crippen molar-refractivity contribution in [3.63, 3.8) is 0 Å². The SMILES string of the molecule is CC(=O)SCC#Cc1ccc(F)c(C(C)=O)c1. The fourth-order valence-electron chi connectivity index (χ4n) is 1.15. The van der Waals surface area contributed by atoms with E-state index in [2.05, 4.69) is 11.8 Å². The second-order valence-electron chi connectivity index (χ2n) is 3.33. The highest BCUT2D eigenvalue weighted by molar-refractivity contribution is 8.13. The number of rotatable bonds is 2. The summed E-state index contributed by atoms with van der Waals surface area (Å²) < 4.78 is 13.2. The molecule has 1 aromatic rings. The average molecular weight is 250 g/mol. The molecule has 0 heterocycles. The van der Waals surface area contributed by atoms with Crippen molar-refractivity contribution < 1.29 is 14.0 Å². The highest BCUT2D eigenvalue weighted by atomic mass is 32.2. The van der Waals surface area contributed by atoms with Gasteiger partial charge in [-0.3, -0.25) is 9.59 Å². The van der Waals surface area contributed by atoms with E-state index in [-0.39, 0.29) is 16.5 Å². The van der Waals surface area contributed by atoms with E-state index in [0.29, 0.717) is 11.3 Å². The van der Waals surface area contributed by atoms with Crippen molar-refractivity contribution in [2.75, 3.05) is 5.75 Å². The lowest BCUT2D eigenvalue weighted by Gasteiger charge is -1.98. The van der Waals surface area contributed by atoms with Gasteiger partial charge in [-0.05, 0) is 25.1 Å². The average Bonchev–Trinajstić information content (AvgIpc) is 2.25. The van der Waals surface area contributed by atoms with Gasteiger partial charge >= 0.3 is 0 Å². The van der Waals surface area contributed by atoms with Crippen molar-refractivity contribution in [1.82, 2.24) is 0 Å². The quantitative estimate of drug-likeness (QED) is 0.597. The first-order valence-electron chi connectivity index (χ1n) is 4.93. The van der Waals surface area contributed by atoms with Crippen LogP contribution >= 0.6 is 11.8 Å². The van der Waals surface area contributed by atoms with Crippen molar-refractivity contribution >= 4 is 22.7 Å². The van der Waals surface area contributed by atoms with Crippen LogP contribution in [0.2, 0.25) is 0 Å². The zero-order valence-electron chi connectivity index (χ0n) is 9.54. The summed E-state index contributed by atoms with van der Waals surface area (Å²) >= 11 is 1.11. The molecule has 0 bridgehead atoms. The normalized spacial score (nSPS) is 9.35. The summed E-state index contributed by atoms with van der Waals surface area (Å²) in [5, 5.41) is 0.00262. The van der Waals surface area contributed by atoms with Crippen LogP contribution in [0.4, 0.5) is 4.39 Å². The van der Waals surface area contributed by atoms with Crippen LogP contribution in [0.3, 0.4) is 0 Å². The molecule has 0 saturated heterocycles. The Balaban J connectivity index is 2.82. The third-order valence-electron chi connectivity index (χ3n) is 1.93. The van der Waals surface area contributed by atoms with Crippen LogP contribution in [0.1, 0.15) is 29.8 Å². The molecule has 4 heteroatoms. The van der Waals surface area contributed by atoms with Gasteiger partial charge in [-0.25, -0.2) is 4.39 Å². The standard InChI is InChI=1S/C13H11FO2S/c1-9(15)12-8-11(5-6-13(12)14)4-3-7-17-10(2)16/h5-6,8H,7H2,1-2H3. The van der Waals surface area contributed by atoms with Gasteiger partial charge in [0.05, 0.1) is 11.3 Å². The molecule has 0 aliphatic rings. The fraction of sp³-hybridized carbons (Fsp3) is 0.231. The predicted octanol–water partition coefficient (Wildman–Crippen LogP) is 2.66. The van der Waals surface area contributed by atoms with E-state index < -0.39 is 5.82 Å². The molecule has 0 aliphatic carbocycles. The predicted molar refractivity (Wildman–Crippen MR) is 66.4 cm³/mol. The number of ketones is 1. The number of benzene rings is 1. The van der Waals surface area contributed by atoms with E-state index in [0.717, 1.165) is 11.8 Å². The van der Waals surface area contributed by atoms with Crippen LogP contribution in [0.5, 0.6) is 0 Å². The third kappa shape index (κ3) is 4.41. The van der Waals surface area contributed by atoms with Gasteiger partial charge in [-0.1, -0.05) is 23.6 Å². The lowest BCUT2D eigenvalue weighted by atomic mass is 10.1. The van der Waals surface area contributed by atoms with Crippen molar-refractivity contribution in [3.05, 3.63) is 35.1 Å². The minimum Gasteiger partial charge on any atom is -0.294 e. The van der Waals surface area contributed by atoms with E-state index in [1.165, 1.54) is 32.0 Å². The van der Waals surface area contributed by atoms with Gasteiger partial charge in [-0.2, -0.15) is 0 Å². The third-order valence-corrected chi connectivity index (χ3v) is 2.62. The summed E-state index contributed by atoms with van der Waals surface area (Å²) in [5.74, 6) is 5.08. The second-order valence-corrected chi connectivity index (χ2v) is 4.49. The van der Waals surface area contributed by atoms with Crippen molar-refractivity contribution in [3.8, 4) is 11.8 Å². The molecular formula is C13H11FO2S. The van der Waals surface area contributed by atoms with Gasteiger partial charge in [0, 0.05) is 12.5 Å². The molecule has 0 fully saturated rings. The van der Waals surface area contributed by atoms with Gasteiger partial charge in [0.1, 0.15) is 5.82 Å². The number of halogens is 1. The molecule has 0 amide bonds. The summed E-state index contributed by atoms with van der Waals surface area (Å²) in [4.78, 5) is 21.7. The highest BCUT2D eigenvalue weighted by Crippen LogP contribution is 2.10. The Labute approximate surface area is 104 Å². The molecule has 0 atom stereocenters. The van der Waals surface area contributed by atoms with Gasteiger partial charge in [0.25, 0.3) is 0 Å². The molecule has 0 aliphatic heterocycles. The summed E-state index contributed by atoms with van der Waals surface area (Å²) in [5.41, 5.74) is 0.608. The Bertz CT molecular complexity index is 512. The first-order valence-corrected chi connectivity index (χ1v) is 5.92. The van der Waals surface area contributed by atoms with Crippen LogP contribution in [-0.4, -0.2) is 16.7 Å². The summed E-state index contributed by atoms with van der Waals surface area (Å²) in [6.07, 6.45) is 0. The lowest BCUT2D eigenvalue weighted by Crippen LogP contribution is -1.97. The fourth-order valence-corrected chi connectivity index (χ4v) is 1.50. The van der Waals surface area contributed by atoms with E-state index in [4.69, 9.17) is 0 Å². The Morgan fingerprint density at radius 1 is 1.35 bits per heavy atom. The van der Waals surface area contributed by atoms with Gasteiger partial charge in [0.2, 0.25) is 0 Å². The topological polar surface area (TPSA) is 34.1 Å². The van der Waals surface area contributed by atoms with Crippen LogP contribution in [0.15, 0.2) is 18.2 Å². The molecule has 1 rings (SSSR count). The number of thioether (sulfide) groups is 1. The molecule has 17 heavy (non-hydrogen) atoms. The van der Waals surface area contributed by atoms with Gasteiger partial charge < -0.3 is 0 Å². The highest BCUT2D eigenvalue weighted by Gasteiger charge is 2.06. The number of hydrogen-bond acceptors (Lipinski definition) is 3. The molecule has 0 spiro atoms. The Hall–Kier alpha value is -1.60. The zero-order valence-corrected chi connectivity index (χ0v) is 10.4. The lowest BCUT2D eigenvalue weighted by molar-refractivity contribution is -0.109. The van der Waals surface area contributed by atoms with Crippen molar-refractivity contribution in [1.29, 1.82) is 0 Å². The molecule has 0 unspecified atom stereocenters. The Morgan fingerprint density at radius 2 is 2.06 bits per heavy atom. The first-order chi connectivity index (χ1) is 8.00. The number of carbonyl (C=O) groups is 2. The van der Waals surface area contributed by atoms with E-state index in [1.54, 1.807) is 0 Å². The van der Waals surface area contributed by atoms with Gasteiger partial charge in [-0.15, -0.1) is 0 Å². The molecule has 0 saturated carbocycles. The molecule has 88 valence electrons. The maximum absolute atomic E-state index is 13.2. The van der Waals surface area contributed by atoms with Crippen LogP contribution in [-0.2, 0) is 4.79 Å². The van der Waals surface area contributed by atoms with E-state index in [1.807, 2.05) is 0 Å². The minimum absolute atomic E-state index is 0.00262. The van der Waals surface area contributed by atoms with E-state index in [9.17, 15) is 14.0 Å². The smallest absolute Gasteiger partial charge is 0.186 e. The summed E-state index contributed by atoms with van der Waals surface area (Å²) in [6.45, 7) is 2.78. The van der Waals surface area contributed by atoms with E-state index >= 15 is 0 Å². The molecular weight excluding hydrogens is 239 g/mol. The Morgan fingerprint density at radius 3 is 2.65 bits per heavy atom.